The van der Waals surface area contributed by atoms with Crippen LogP contribution in [0.1, 0.15) is 24.5 Å². The second kappa shape index (κ2) is 14.6. The van der Waals surface area contributed by atoms with Gasteiger partial charge in [0.25, 0.3) is 10.0 Å². The Hall–Kier alpha value is -4.57. The van der Waals surface area contributed by atoms with Gasteiger partial charge in [-0.3, -0.25) is 13.9 Å². The fraction of sp³-hybridized carbons (Fsp3) is 0.212. The summed E-state index contributed by atoms with van der Waals surface area (Å²) >= 11 is 0. The molecule has 43 heavy (non-hydrogen) atoms. The summed E-state index contributed by atoms with van der Waals surface area (Å²) in [5.74, 6) is -2.72. The van der Waals surface area contributed by atoms with Crippen LogP contribution in [0.15, 0.2) is 114 Å². The number of halogens is 2. The number of nitrogens with one attached hydrogen (secondary N) is 1. The van der Waals surface area contributed by atoms with Crippen LogP contribution in [0, 0.1) is 11.6 Å². The summed E-state index contributed by atoms with van der Waals surface area (Å²) in [4.78, 5) is 28.8. The molecule has 0 radical (unpaired) electrons. The molecule has 0 saturated heterocycles. The summed E-state index contributed by atoms with van der Waals surface area (Å²) in [6.45, 7) is 1.07. The summed E-state index contributed by atoms with van der Waals surface area (Å²) in [6, 6.07) is 26.4. The van der Waals surface area contributed by atoms with Gasteiger partial charge in [0.15, 0.2) is 0 Å². The van der Waals surface area contributed by atoms with Crippen molar-refractivity contribution in [2.24, 2.45) is 0 Å². The third kappa shape index (κ3) is 7.84. The second-order valence-corrected chi connectivity index (χ2v) is 11.7. The average molecular weight is 606 g/mol. The Kier molecular flexibility index (Phi) is 10.6. The highest BCUT2D eigenvalue weighted by Crippen LogP contribution is 2.27. The van der Waals surface area contributed by atoms with E-state index < -0.39 is 46.1 Å². The van der Waals surface area contributed by atoms with E-state index in [-0.39, 0.29) is 29.1 Å². The van der Waals surface area contributed by atoms with Crippen molar-refractivity contribution in [2.45, 2.75) is 37.2 Å². The largest absolute Gasteiger partial charge is 0.354 e. The third-order valence-electron chi connectivity index (χ3n) is 6.85. The molecule has 0 aliphatic carbocycles. The summed E-state index contributed by atoms with van der Waals surface area (Å²) < 4.78 is 58.4. The minimum Gasteiger partial charge on any atom is -0.354 e. The second-order valence-electron chi connectivity index (χ2n) is 9.89. The Balaban J connectivity index is 1.81. The maximum Gasteiger partial charge on any atom is 0.264 e. The van der Waals surface area contributed by atoms with Crippen molar-refractivity contribution in [2.75, 3.05) is 17.4 Å². The summed E-state index contributed by atoms with van der Waals surface area (Å²) in [7, 11) is -4.43. The Bertz CT molecular complexity index is 1640. The zero-order chi connectivity index (χ0) is 30.8. The Morgan fingerprint density at radius 1 is 0.791 bits per heavy atom. The molecular formula is C33H33F2N3O4S. The fourth-order valence-electron chi connectivity index (χ4n) is 4.62. The first kappa shape index (κ1) is 31.4. The number of sulfonamides is 1. The normalized spacial score (nSPS) is 11.9. The highest BCUT2D eigenvalue weighted by Gasteiger charge is 2.35. The molecule has 0 aliphatic rings. The third-order valence-corrected chi connectivity index (χ3v) is 8.62. The molecule has 0 spiro atoms. The van der Waals surface area contributed by atoms with Crippen LogP contribution in [0.5, 0.6) is 0 Å². The number of para-hydroxylation sites is 1. The molecule has 0 saturated carbocycles. The molecule has 1 unspecified atom stereocenters. The van der Waals surface area contributed by atoms with E-state index in [9.17, 15) is 22.4 Å². The van der Waals surface area contributed by atoms with Gasteiger partial charge in [-0.1, -0.05) is 85.8 Å². The highest BCUT2D eigenvalue weighted by atomic mass is 32.2. The molecule has 224 valence electrons. The van der Waals surface area contributed by atoms with E-state index in [0.717, 1.165) is 11.6 Å². The van der Waals surface area contributed by atoms with Gasteiger partial charge in [0.05, 0.1) is 10.6 Å². The van der Waals surface area contributed by atoms with Crippen molar-refractivity contribution < 1.29 is 26.8 Å². The van der Waals surface area contributed by atoms with E-state index in [1.54, 1.807) is 36.4 Å². The molecule has 4 rings (SSSR count). The van der Waals surface area contributed by atoms with E-state index in [4.69, 9.17) is 0 Å². The summed E-state index contributed by atoms with van der Waals surface area (Å²) in [6.07, 6.45) is 0.725. The van der Waals surface area contributed by atoms with Crippen molar-refractivity contribution in [1.29, 1.82) is 0 Å². The molecule has 4 aromatic rings. The molecular weight excluding hydrogens is 572 g/mol. The Morgan fingerprint density at radius 3 is 2.00 bits per heavy atom. The van der Waals surface area contributed by atoms with Crippen molar-refractivity contribution in [3.05, 3.63) is 132 Å². The van der Waals surface area contributed by atoms with Crippen LogP contribution in [0.4, 0.5) is 14.5 Å². The lowest BCUT2D eigenvalue weighted by Crippen LogP contribution is -2.53. The standard InChI is InChI=1S/C33H33F2N3O4S/c1-2-21-36-33(40)31(22-25-13-5-3-6-14-25)37(23-26-15-9-10-18-28(26)34)32(39)24-38(30-20-12-11-19-29(30)35)43(41,42)27-16-7-4-8-17-27/h3-20,31H,2,21-24H2,1H3,(H,36,40). The Labute approximate surface area is 250 Å². The molecule has 0 aliphatic heterocycles. The SMILES string of the molecule is CCCNC(=O)C(Cc1ccccc1)N(Cc1ccccc1F)C(=O)CN(c1ccccc1F)S(=O)(=O)c1ccccc1. The lowest BCUT2D eigenvalue weighted by Gasteiger charge is -2.34. The van der Waals surface area contributed by atoms with Gasteiger partial charge in [-0.2, -0.15) is 0 Å². The summed E-state index contributed by atoms with van der Waals surface area (Å²) in [5.41, 5.74) is 0.550. The lowest BCUT2D eigenvalue weighted by atomic mass is 10.0. The molecule has 0 aromatic heterocycles. The molecule has 0 fully saturated rings. The zero-order valence-corrected chi connectivity index (χ0v) is 24.5. The molecule has 10 heteroatoms. The van der Waals surface area contributed by atoms with E-state index in [1.807, 2.05) is 13.0 Å². The predicted molar refractivity (Wildman–Crippen MR) is 162 cm³/mol. The van der Waals surface area contributed by atoms with Crippen LogP contribution in [0.25, 0.3) is 0 Å². The molecule has 1 N–H and O–H groups in total. The highest BCUT2D eigenvalue weighted by molar-refractivity contribution is 7.92. The average Bonchev–Trinajstić information content (AvgIpc) is 3.02. The van der Waals surface area contributed by atoms with Gasteiger partial charge < -0.3 is 10.2 Å². The van der Waals surface area contributed by atoms with Gasteiger partial charge in [-0.05, 0) is 42.3 Å². The number of anilines is 1. The first-order valence-electron chi connectivity index (χ1n) is 13.9. The zero-order valence-electron chi connectivity index (χ0n) is 23.7. The van der Waals surface area contributed by atoms with E-state index in [0.29, 0.717) is 17.3 Å². The number of nitrogens with zero attached hydrogens (tertiary/aromatic N) is 2. The van der Waals surface area contributed by atoms with E-state index >= 15 is 4.39 Å². The smallest absolute Gasteiger partial charge is 0.264 e. The van der Waals surface area contributed by atoms with Gasteiger partial charge in [-0.15, -0.1) is 0 Å². The van der Waals surface area contributed by atoms with Gasteiger partial charge in [0, 0.05) is 25.1 Å². The van der Waals surface area contributed by atoms with Crippen LogP contribution in [0.3, 0.4) is 0 Å². The predicted octanol–water partition coefficient (Wildman–Crippen LogP) is 5.33. The maximum atomic E-state index is 15.1. The minimum atomic E-state index is -4.43. The first-order chi connectivity index (χ1) is 20.7. The molecule has 0 bridgehead atoms. The minimum absolute atomic E-state index is 0.0850. The number of hydrogen-bond acceptors (Lipinski definition) is 4. The van der Waals surface area contributed by atoms with E-state index in [1.165, 1.54) is 65.6 Å². The van der Waals surface area contributed by atoms with Crippen LogP contribution < -0.4 is 9.62 Å². The molecule has 7 nitrogen and oxygen atoms in total. The topological polar surface area (TPSA) is 86.8 Å². The van der Waals surface area contributed by atoms with Crippen LogP contribution in [-0.2, 0) is 32.6 Å². The number of hydrogen-bond donors (Lipinski definition) is 1. The van der Waals surface area contributed by atoms with Gasteiger partial charge in [-0.25, -0.2) is 17.2 Å². The molecule has 4 aromatic carbocycles. The number of amides is 2. The quantitative estimate of drug-likeness (QED) is 0.223. The number of rotatable bonds is 13. The molecule has 0 heterocycles. The first-order valence-corrected chi connectivity index (χ1v) is 15.3. The van der Waals surface area contributed by atoms with Gasteiger partial charge in [0.1, 0.15) is 24.2 Å². The van der Waals surface area contributed by atoms with Crippen molar-refractivity contribution in [3.8, 4) is 0 Å². The number of carbonyl (C=O) groups excluding carboxylic acids is 2. The Morgan fingerprint density at radius 2 is 1.37 bits per heavy atom. The van der Waals surface area contributed by atoms with Crippen LogP contribution in [0.2, 0.25) is 0 Å². The maximum absolute atomic E-state index is 15.1. The number of benzene rings is 4. The molecule has 1 atom stereocenters. The molecule has 2 amide bonds. The van der Waals surface area contributed by atoms with Crippen molar-refractivity contribution in [1.82, 2.24) is 10.2 Å². The number of carbonyl (C=O) groups is 2. The van der Waals surface area contributed by atoms with Crippen LogP contribution >= 0.6 is 0 Å². The van der Waals surface area contributed by atoms with Crippen molar-refractivity contribution in [3.63, 3.8) is 0 Å². The lowest BCUT2D eigenvalue weighted by molar-refractivity contribution is -0.140. The fourth-order valence-corrected chi connectivity index (χ4v) is 6.06. The summed E-state index contributed by atoms with van der Waals surface area (Å²) in [5, 5.41) is 2.82. The monoisotopic (exact) mass is 605 g/mol. The van der Waals surface area contributed by atoms with Gasteiger partial charge >= 0.3 is 0 Å². The van der Waals surface area contributed by atoms with Crippen LogP contribution in [-0.4, -0.2) is 44.3 Å². The van der Waals surface area contributed by atoms with E-state index in [2.05, 4.69) is 5.32 Å². The van der Waals surface area contributed by atoms with Crippen molar-refractivity contribution >= 4 is 27.5 Å². The van der Waals surface area contributed by atoms with Gasteiger partial charge in [0.2, 0.25) is 11.8 Å².